The number of rotatable bonds is 6. The van der Waals surface area contributed by atoms with E-state index in [0.717, 1.165) is 10.8 Å². The minimum absolute atomic E-state index is 0.0197. The number of nitrogen functional groups attached to an aromatic ring is 1. The molecule has 2 N–H and O–H groups in total. The van der Waals surface area contributed by atoms with Crippen LogP contribution in [-0.2, 0) is 13.6 Å². The second-order valence-corrected chi connectivity index (χ2v) is 17.3. The number of aromatic nitrogens is 2. The van der Waals surface area contributed by atoms with E-state index in [0.29, 0.717) is 0 Å². The molecule has 0 aromatic carbocycles. The summed E-state index contributed by atoms with van der Waals surface area (Å²) in [6.45, 7) is 11.3. The monoisotopic (exact) mass is 407 g/mol. The molecule has 0 aliphatic carbocycles. The van der Waals surface area contributed by atoms with Crippen LogP contribution in [-0.4, -0.2) is 50.9 Å². The molecule has 3 atom stereocenters. The Bertz CT molecular complexity index is 703. The Kier molecular flexibility index (Phi) is 5.79. The van der Waals surface area contributed by atoms with Gasteiger partial charge >= 0.3 is 11.6 Å². The van der Waals surface area contributed by atoms with Crippen molar-refractivity contribution in [2.24, 2.45) is 0 Å². The van der Waals surface area contributed by atoms with E-state index in [1.54, 1.807) is 0 Å². The minimum atomic E-state index is -3.42. The van der Waals surface area contributed by atoms with E-state index in [1.807, 2.05) is 39.3 Å². The van der Waals surface area contributed by atoms with Crippen molar-refractivity contribution in [2.45, 2.75) is 63.6 Å². The van der Waals surface area contributed by atoms with Gasteiger partial charge in [0.25, 0.3) is 0 Å². The average molecular weight is 408 g/mol. The van der Waals surface area contributed by atoms with Gasteiger partial charge in [0.1, 0.15) is 18.0 Å². The maximum atomic E-state index is 15.1. The van der Waals surface area contributed by atoms with Crippen LogP contribution in [0.5, 0.6) is 0 Å². The lowest BCUT2D eigenvalue weighted by Crippen LogP contribution is -2.49. The summed E-state index contributed by atoms with van der Waals surface area (Å²) in [6, 6.07) is 1.28. The number of nitrogens with zero attached hydrogens (tertiary/aromatic N) is 2. The maximum absolute atomic E-state index is 15.1. The highest BCUT2D eigenvalue weighted by molar-refractivity contribution is 6.70. The van der Waals surface area contributed by atoms with Gasteiger partial charge in [0.05, 0.1) is 6.61 Å². The first-order valence-corrected chi connectivity index (χ1v) is 15.2. The van der Waals surface area contributed by atoms with Gasteiger partial charge in [0, 0.05) is 6.20 Å². The standard InChI is InChI=1S/C15H27F2N3O4Si2/c1-25(2,3)22-9-10-12(24-26(4,5)6)15(16,17)13(23-10)20-8-7-11(18)19-14(20)21/h7-8,10,12-13H,9H2,1-6H3,(H2,18,19,21). The number of nitrogens with two attached hydrogens (primary N) is 1. The lowest BCUT2D eigenvalue weighted by atomic mass is 10.1. The van der Waals surface area contributed by atoms with Gasteiger partial charge in [-0.1, -0.05) is 0 Å². The van der Waals surface area contributed by atoms with Crippen LogP contribution in [0.2, 0.25) is 39.3 Å². The molecule has 0 radical (unpaired) electrons. The van der Waals surface area contributed by atoms with E-state index in [2.05, 4.69) is 4.98 Å². The fourth-order valence-corrected chi connectivity index (χ4v) is 4.30. The quantitative estimate of drug-likeness (QED) is 0.729. The Balaban J connectivity index is 2.37. The fraction of sp³-hybridized carbons (Fsp3) is 0.733. The molecule has 1 saturated heterocycles. The van der Waals surface area contributed by atoms with E-state index in [-0.39, 0.29) is 12.4 Å². The highest BCUT2D eigenvalue weighted by Crippen LogP contribution is 2.45. The van der Waals surface area contributed by atoms with Crippen molar-refractivity contribution in [3.8, 4) is 0 Å². The smallest absolute Gasteiger partial charge is 0.351 e. The van der Waals surface area contributed by atoms with Gasteiger partial charge in [-0.2, -0.15) is 13.8 Å². The summed E-state index contributed by atoms with van der Waals surface area (Å²) in [4.78, 5) is 15.5. The second-order valence-electron chi connectivity index (χ2n) is 8.32. The van der Waals surface area contributed by atoms with E-state index < -0.39 is 46.7 Å². The molecule has 7 nitrogen and oxygen atoms in total. The van der Waals surface area contributed by atoms with Crippen LogP contribution < -0.4 is 11.4 Å². The predicted molar refractivity (Wildman–Crippen MR) is 99.3 cm³/mol. The first kappa shape index (κ1) is 21.2. The fourth-order valence-electron chi connectivity index (χ4n) is 2.57. The topological polar surface area (TPSA) is 88.6 Å². The third kappa shape index (κ3) is 4.97. The normalized spacial score (nSPS) is 26.2. The van der Waals surface area contributed by atoms with Crippen LogP contribution in [0.25, 0.3) is 0 Å². The Hall–Kier alpha value is -1.15. The third-order valence-corrected chi connectivity index (χ3v) is 5.61. The zero-order chi connectivity index (χ0) is 19.9. The van der Waals surface area contributed by atoms with Crippen molar-refractivity contribution in [2.75, 3.05) is 12.3 Å². The summed E-state index contributed by atoms with van der Waals surface area (Å²) < 4.78 is 48.1. The Morgan fingerprint density at radius 2 is 1.88 bits per heavy atom. The molecule has 1 aromatic heterocycles. The van der Waals surface area contributed by atoms with Gasteiger partial charge in [-0.3, -0.25) is 4.57 Å². The van der Waals surface area contributed by atoms with Crippen LogP contribution in [0.3, 0.4) is 0 Å². The summed E-state index contributed by atoms with van der Waals surface area (Å²) in [5.74, 6) is -3.46. The predicted octanol–water partition coefficient (Wildman–Crippen LogP) is 2.43. The van der Waals surface area contributed by atoms with Gasteiger partial charge < -0.3 is 19.3 Å². The summed E-state index contributed by atoms with van der Waals surface area (Å²) in [5.41, 5.74) is 4.54. The maximum Gasteiger partial charge on any atom is 0.351 e. The number of alkyl halides is 2. The molecular formula is C15H27F2N3O4Si2. The van der Waals surface area contributed by atoms with Crippen molar-refractivity contribution in [3.05, 3.63) is 22.7 Å². The number of hydrogen-bond acceptors (Lipinski definition) is 6. The molecule has 3 unspecified atom stereocenters. The molecule has 0 spiro atoms. The number of hydrogen-bond donors (Lipinski definition) is 1. The molecule has 1 fully saturated rings. The van der Waals surface area contributed by atoms with Gasteiger partial charge in [0.15, 0.2) is 16.6 Å². The van der Waals surface area contributed by atoms with E-state index in [9.17, 15) is 4.79 Å². The minimum Gasteiger partial charge on any atom is -0.415 e. The lowest BCUT2D eigenvalue weighted by molar-refractivity contribution is -0.137. The second kappa shape index (κ2) is 7.11. The number of halogens is 2. The first-order chi connectivity index (χ1) is 11.7. The van der Waals surface area contributed by atoms with E-state index in [1.165, 1.54) is 6.07 Å². The van der Waals surface area contributed by atoms with Gasteiger partial charge in [-0.25, -0.2) is 4.79 Å². The summed E-state index contributed by atoms with van der Waals surface area (Å²) >= 11 is 0. The lowest BCUT2D eigenvalue weighted by Gasteiger charge is -2.31. The van der Waals surface area contributed by atoms with Crippen LogP contribution in [0.1, 0.15) is 6.23 Å². The molecule has 0 bridgehead atoms. The van der Waals surface area contributed by atoms with Crippen LogP contribution in [0.4, 0.5) is 14.6 Å². The molecular weight excluding hydrogens is 380 g/mol. The molecule has 0 saturated carbocycles. The van der Waals surface area contributed by atoms with Gasteiger partial charge in [0.2, 0.25) is 6.23 Å². The number of anilines is 1. The van der Waals surface area contributed by atoms with Gasteiger partial charge in [-0.15, -0.1) is 0 Å². The largest absolute Gasteiger partial charge is 0.415 e. The van der Waals surface area contributed by atoms with Crippen LogP contribution in [0, 0.1) is 0 Å². The zero-order valence-corrected chi connectivity index (χ0v) is 18.0. The highest BCUT2D eigenvalue weighted by atomic mass is 28.4. The molecule has 2 heterocycles. The molecule has 26 heavy (non-hydrogen) atoms. The van der Waals surface area contributed by atoms with E-state index in [4.69, 9.17) is 19.3 Å². The SMILES string of the molecule is C[Si](C)(C)OCC1OC(n2ccc(N)nc2=O)C(F)(F)C1O[Si](C)(C)C. The zero-order valence-electron chi connectivity index (χ0n) is 16.0. The molecule has 11 heteroatoms. The Morgan fingerprint density at radius 1 is 1.27 bits per heavy atom. The number of ether oxygens (including phenoxy) is 1. The van der Waals surface area contributed by atoms with Crippen molar-refractivity contribution in [1.82, 2.24) is 9.55 Å². The molecule has 2 rings (SSSR count). The van der Waals surface area contributed by atoms with E-state index >= 15 is 8.78 Å². The molecule has 1 aliphatic rings. The van der Waals surface area contributed by atoms with Crippen molar-refractivity contribution < 1.29 is 22.4 Å². The Labute approximate surface area is 153 Å². The molecule has 148 valence electrons. The van der Waals surface area contributed by atoms with Crippen LogP contribution in [0.15, 0.2) is 17.1 Å². The summed E-state index contributed by atoms with van der Waals surface area (Å²) in [5, 5.41) is 0. The first-order valence-electron chi connectivity index (χ1n) is 8.40. The van der Waals surface area contributed by atoms with Gasteiger partial charge in [-0.05, 0) is 45.3 Å². The van der Waals surface area contributed by atoms with Crippen molar-refractivity contribution in [3.63, 3.8) is 0 Å². The third-order valence-electron chi connectivity index (χ3n) is 3.62. The molecule has 1 aliphatic heterocycles. The summed E-state index contributed by atoms with van der Waals surface area (Å²) in [6.07, 6.45) is -3.14. The molecule has 0 amide bonds. The van der Waals surface area contributed by atoms with Crippen molar-refractivity contribution in [1.29, 1.82) is 0 Å². The Morgan fingerprint density at radius 3 is 2.38 bits per heavy atom. The van der Waals surface area contributed by atoms with Crippen LogP contribution >= 0.6 is 0 Å². The highest BCUT2D eigenvalue weighted by Gasteiger charge is 2.61. The average Bonchev–Trinajstić information content (AvgIpc) is 2.67. The summed E-state index contributed by atoms with van der Waals surface area (Å²) in [7, 11) is -4.25. The van der Waals surface area contributed by atoms with Crippen molar-refractivity contribution >= 4 is 22.5 Å². The molecule has 1 aromatic rings.